The van der Waals surface area contributed by atoms with Crippen LogP contribution in [0.25, 0.3) is 10.9 Å². The average molecular weight is 431 g/mol. The number of amides is 1. The van der Waals surface area contributed by atoms with Gasteiger partial charge in [-0.05, 0) is 18.6 Å². The average Bonchev–Trinajstić information content (AvgIpc) is 3.19. The number of hydrogen-bond donors (Lipinski definition) is 4. The topological polar surface area (TPSA) is 128 Å². The van der Waals surface area contributed by atoms with Crippen molar-refractivity contribution in [3.8, 4) is 0 Å². The van der Waals surface area contributed by atoms with E-state index in [9.17, 15) is 24.3 Å². The maximum absolute atomic E-state index is 12.7. The third-order valence-electron chi connectivity index (χ3n) is 5.44. The minimum absolute atomic E-state index is 0.000136. The Hall–Kier alpha value is -4.20. The summed E-state index contributed by atoms with van der Waals surface area (Å²) in [4.78, 5) is 52.5. The fourth-order valence-electron chi connectivity index (χ4n) is 3.74. The van der Waals surface area contributed by atoms with Gasteiger partial charge in [0.15, 0.2) is 5.78 Å². The van der Waals surface area contributed by atoms with Crippen LogP contribution in [0, 0.1) is 0 Å². The van der Waals surface area contributed by atoms with Crippen LogP contribution in [0.4, 0.5) is 0 Å². The molecule has 0 unspecified atom stereocenters. The zero-order chi connectivity index (χ0) is 22.8. The van der Waals surface area contributed by atoms with Gasteiger partial charge in [-0.3, -0.25) is 14.4 Å². The van der Waals surface area contributed by atoms with Crippen LogP contribution in [-0.2, 0) is 16.0 Å². The molecule has 1 aromatic heterocycles. The highest BCUT2D eigenvalue weighted by molar-refractivity contribution is 6.24. The molecule has 162 valence electrons. The second-order valence-electron chi connectivity index (χ2n) is 7.63. The Morgan fingerprint density at radius 2 is 1.72 bits per heavy atom. The summed E-state index contributed by atoms with van der Waals surface area (Å²) in [6.45, 7) is 1.50. The standard InChI is InChI=1S/C24H21N3O5/c1-13(26-19-11-21(28)16-7-2-3-8-17(16)22(19)29)23(30)27-20(24(31)32)10-14-12-25-18-9-5-4-6-15(14)18/h2-9,11-13,20,25-26H,10H2,1H3,(H,27,30)(H,31,32)/t13-,20-/m0/s1. The number of benzene rings is 2. The molecule has 1 amide bonds. The molecule has 32 heavy (non-hydrogen) atoms. The number of allylic oxidation sites excluding steroid dienone is 2. The van der Waals surface area contributed by atoms with Crippen LogP contribution in [0.2, 0.25) is 0 Å². The minimum Gasteiger partial charge on any atom is -0.480 e. The van der Waals surface area contributed by atoms with Crippen LogP contribution >= 0.6 is 0 Å². The van der Waals surface area contributed by atoms with Gasteiger partial charge in [0.1, 0.15) is 12.1 Å². The zero-order valence-corrected chi connectivity index (χ0v) is 17.2. The van der Waals surface area contributed by atoms with Gasteiger partial charge in [0, 0.05) is 40.7 Å². The van der Waals surface area contributed by atoms with E-state index in [1.54, 1.807) is 30.5 Å². The van der Waals surface area contributed by atoms with Crippen molar-refractivity contribution in [3.05, 3.63) is 83.2 Å². The van der Waals surface area contributed by atoms with Crippen molar-refractivity contribution in [1.29, 1.82) is 0 Å². The van der Waals surface area contributed by atoms with Crippen molar-refractivity contribution in [2.24, 2.45) is 0 Å². The van der Waals surface area contributed by atoms with Crippen molar-refractivity contribution in [2.75, 3.05) is 0 Å². The lowest BCUT2D eigenvalue weighted by Crippen LogP contribution is -2.50. The predicted octanol–water partition coefficient (Wildman–Crippen LogP) is 2.22. The summed E-state index contributed by atoms with van der Waals surface area (Å²) in [5.41, 5.74) is 2.21. The van der Waals surface area contributed by atoms with Crippen LogP contribution in [0.3, 0.4) is 0 Å². The molecule has 0 radical (unpaired) electrons. The van der Waals surface area contributed by atoms with Crippen LogP contribution in [-0.4, -0.2) is 45.6 Å². The van der Waals surface area contributed by atoms with E-state index in [1.165, 1.54) is 6.92 Å². The second kappa shape index (κ2) is 8.50. The maximum atomic E-state index is 12.7. The first kappa shape index (κ1) is 21.0. The van der Waals surface area contributed by atoms with Gasteiger partial charge in [-0.15, -0.1) is 0 Å². The van der Waals surface area contributed by atoms with E-state index in [0.717, 1.165) is 22.5 Å². The van der Waals surface area contributed by atoms with Gasteiger partial charge >= 0.3 is 5.97 Å². The molecule has 4 N–H and O–H groups in total. The molecule has 0 bridgehead atoms. The van der Waals surface area contributed by atoms with Crippen LogP contribution in [0.5, 0.6) is 0 Å². The first-order valence-corrected chi connectivity index (χ1v) is 10.1. The Morgan fingerprint density at radius 3 is 2.47 bits per heavy atom. The van der Waals surface area contributed by atoms with E-state index in [2.05, 4.69) is 15.6 Å². The molecule has 2 atom stereocenters. The number of aromatic nitrogens is 1. The smallest absolute Gasteiger partial charge is 0.326 e. The number of rotatable bonds is 7. The first-order valence-electron chi connectivity index (χ1n) is 10.1. The summed E-state index contributed by atoms with van der Waals surface area (Å²) < 4.78 is 0. The normalized spacial score (nSPS) is 15.0. The molecule has 8 nitrogen and oxygen atoms in total. The Bertz CT molecular complexity index is 1270. The van der Waals surface area contributed by atoms with Gasteiger partial charge in [0.2, 0.25) is 11.7 Å². The number of ketones is 2. The summed E-state index contributed by atoms with van der Waals surface area (Å²) in [6.07, 6.45) is 2.98. The first-order chi connectivity index (χ1) is 15.3. The van der Waals surface area contributed by atoms with Gasteiger partial charge in [-0.25, -0.2) is 4.79 Å². The third-order valence-corrected chi connectivity index (χ3v) is 5.44. The molecule has 2 aromatic carbocycles. The number of Topliss-reactive ketones (excluding diaryl/α,β-unsaturated/α-hetero) is 1. The number of H-pyrrole nitrogens is 1. The molecule has 0 spiro atoms. The SMILES string of the molecule is C[C@H](NC1=CC(=O)c2ccccc2C1=O)C(=O)N[C@@H](Cc1c[nH]c2ccccc12)C(=O)O. The van der Waals surface area contributed by atoms with Gasteiger partial charge < -0.3 is 20.7 Å². The Kier molecular flexibility index (Phi) is 5.59. The Labute approximate surface area is 183 Å². The number of carbonyl (C=O) groups excluding carboxylic acids is 3. The molecule has 0 saturated carbocycles. The largest absolute Gasteiger partial charge is 0.480 e. The van der Waals surface area contributed by atoms with E-state index >= 15 is 0 Å². The number of hydrogen-bond acceptors (Lipinski definition) is 5. The number of aromatic amines is 1. The van der Waals surface area contributed by atoms with Gasteiger partial charge in [0.25, 0.3) is 0 Å². The second-order valence-corrected chi connectivity index (χ2v) is 7.63. The number of carbonyl (C=O) groups is 4. The molecule has 1 heterocycles. The fourth-order valence-corrected chi connectivity index (χ4v) is 3.74. The molecule has 0 aliphatic heterocycles. The van der Waals surface area contributed by atoms with Gasteiger partial charge in [0.05, 0.1) is 5.70 Å². The summed E-state index contributed by atoms with van der Waals surface area (Å²) in [7, 11) is 0. The molecular weight excluding hydrogens is 410 g/mol. The minimum atomic E-state index is -1.17. The van der Waals surface area contributed by atoms with Crippen LogP contribution in [0.15, 0.2) is 66.5 Å². The van der Waals surface area contributed by atoms with E-state index in [0.29, 0.717) is 5.56 Å². The summed E-state index contributed by atoms with van der Waals surface area (Å²) in [5, 5.41) is 15.8. The lowest BCUT2D eigenvalue weighted by Gasteiger charge is -2.22. The quantitative estimate of drug-likeness (QED) is 0.454. The van der Waals surface area contributed by atoms with Crippen molar-refractivity contribution < 1.29 is 24.3 Å². The van der Waals surface area contributed by atoms with Gasteiger partial charge in [-0.1, -0.05) is 42.5 Å². The molecule has 0 saturated heterocycles. The van der Waals surface area contributed by atoms with Crippen LogP contribution < -0.4 is 10.6 Å². The van der Waals surface area contributed by atoms with E-state index in [1.807, 2.05) is 24.3 Å². The van der Waals surface area contributed by atoms with Crippen molar-refractivity contribution >= 4 is 34.3 Å². The predicted molar refractivity (Wildman–Crippen MR) is 117 cm³/mol. The highest BCUT2D eigenvalue weighted by Gasteiger charge is 2.29. The zero-order valence-electron chi connectivity index (χ0n) is 17.2. The van der Waals surface area contributed by atoms with E-state index in [-0.39, 0.29) is 23.5 Å². The third kappa shape index (κ3) is 4.02. The number of para-hydroxylation sites is 1. The lowest BCUT2D eigenvalue weighted by molar-refractivity contribution is -0.142. The van der Waals surface area contributed by atoms with E-state index in [4.69, 9.17) is 0 Å². The molecule has 8 heteroatoms. The maximum Gasteiger partial charge on any atom is 0.326 e. The highest BCUT2D eigenvalue weighted by atomic mass is 16.4. The monoisotopic (exact) mass is 431 g/mol. The molecular formula is C24H21N3O5. The molecule has 3 aromatic rings. The summed E-state index contributed by atoms with van der Waals surface area (Å²) in [5.74, 6) is -2.50. The molecule has 0 fully saturated rings. The van der Waals surface area contributed by atoms with E-state index < -0.39 is 29.7 Å². The molecule has 1 aliphatic carbocycles. The number of carboxylic acids is 1. The number of aliphatic carboxylic acids is 1. The number of fused-ring (bicyclic) bond motifs is 2. The Balaban J connectivity index is 1.45. The number of nitrogens with one attached hydrogen (secondary N) is 3. The summed E-state index contributed by atoms with van der Waals surface area (Å²) in [6, 6.07) is 11.8. The molecule has 1 aliphatic rings. The van der Waals surface area contributed by atoms with Crippen molar-refractivity contribution in [3.63, 3.8) is 0 Å². The van der Waals surface area contributed by atoms with Crippen molar-refractivity contribution in [2.45, 2.75) is 25.4 Å². The van der Waals surface area contributed by atoms with Crippen molar-refractivity contribution in [1.82, 2.24) is 15.6 Å². The number of carboxylic acid groups (broad SMARTS) is 1. The van der Waals surface area contributed by atoms with Gasteiger partial charge in [-0.2, -0.15) is 0 Å². The van der Waals surface area contributed by atoms with Crippen LogP contribution in [0.1, 0.15) is 33.2 Å². The molecule has 4 rings (SSSR count). The Morgan fingerprint density at radius 1 is 1.03 bits per heavy atom. The highest BCUT2D eigenvalue weighted by Crippen LogP contribution is 2.21. The summed E-state index contributed by atoms with van der Waals surface area (Å²) >= 11 is 0. The fraction of sp³-hybridized carbons (Fsp3) is 0.167. The lowest BCUT2D eigenvalue weighted by atomic mass is 9.92.